The number of anilines is 2. The third-order valence-corrected chi connectivity index (χ3v) is 10.7. The lowest BCUT2D eigenvalue weighted by molar-refractivity contribution is -0.198. The van der Waals surface area contributed by atoms with Crippen LogP contribution in [0.5, 0.6) is 5.88 Å². The molecule has 1 spiro atoms. The molecule has 270 valence electrons. The predicted octanol–water partition coefficient (Wildman–Crippen LogP) is 6.95. The standard InChI is InChI=1S/C38H44F3N7O3/c1-23-8-9-26(18-24(23)2)27-10-11-29(31(19-27)48-15-12-25(3)46-48)34(38(39,40)41)51-33-20-32(44-36(42)45-33)47-16-13-37(14-17-47)21-30(43-22-37)35(49)50-28-6-4-5-7-28/h8-12,15,18-20,28,30,34,43H,4-7,13-14,16-17,21-22H2,1-3H3,(H2,42,44,45)/t30-,34+/m0/s1. The van der Waals surface area contributed by atoms with Crippen molar-refractivity contribution in [1.82, 2.24) is 25.1 Å². The lowest BCUT2D eigenvalue weighted by Gasteiger charge is -2.39. The van der Waals surface area contributed by atoms with E-state index in [0.29, 0.717) is 37.6 Å². The molecule has 0 amide bonds. The van der Waals surface area contributed by atoms with Crippen molar-refractivity contribution in [3.63, 3.8) is 0 Å². The van der Waals surface area contributed by atoms with E-state index >= 15 is 0 Å². The van der Waals surface area contributed by atoms with Gasteiger partial charge in [0.25, 0.3) is 0 Å². The maximum Gasteiger partial charge on any atom is 0.429 e. The van der Waals surface area contributed by atoms with Crippen LogP contribution in [0.2, 0.25) is 0 Å². The molecule has 7 rings (SSSR count). The highest BCUT2D eigenvalue weighted by Crippen LogP contribution is 2.43. The first kappa shape index (κ1) is 34.8. The lowest BCUT2D eigenvalue weighted by atomic mass is 9.76. The summed E-state index contributed by atoms with van der Waals surface area (Å²) in [5, 5.41) is 7.83. The maximum atomic E-state index is 15.0. The van der Waals surface area contributed by atoms with Crippen molar-refractivity contribution in [3.8, 4) is 22.7 Å². The molecular formula is C38H44F3N7O3. The zero-order valence-electron chi connectivity index (χ0n) is 29.2. The lowest BCUT2D eigenvalue weighted by Crippen LogP contribution is -2.41. The number of nitrogens with zero attached hydrogens (tertiary/aromatic N) is 5. The van der Waals surface area contributed by atoms with Crippen molar-refractivity contribution in [2.24, 2.45) is 5.41 Å². The number of nitrogens with one attached hydrogen (secondary N) is 1. The van der Waals surface area contributed by atoms with Gasteiger partial charge in [0.1, 0.15) is 18.0 Å². The number of hydrogen-bond donors (Lipinski definition) is 2. The van der Waals surface area contributed by atoms with E-state index in [4.69, 9.17) is 15.2 Å². The average molecular weight is 704 g/mol. The molecule has 4 heterocycles. The Balaban J connectivity index is 1.11. The molecule has 13 heteroatoms. The van der Waals surface area contributed by atoms with Crippen LogP contribution in [0.3, 0.4) is 0 Å². The zero-order chi connectivity index (χ0) is 35.9. The first-order valence-corrected chi connectivity index (χ1v) is 17.7. The number of alkyl halides is 3. The van der Waals surface area contributed by atoms with Gasteiger partial charge in [0.05, 0.1) is 11.4 Å². The first-order chi connectivity index (χ1) is 24.4. The van der Waals surface area contributed by atoms with Crippen LogP contribution in [0.1, 0.15) is 73.4 Å². The van der Waals surface area contributed by atoms with E-state index in [2.05, 4.69) is 20.4 Å². The Morgan fingerprint density at radius 3 is 2.39 bits per heavy atom. The summed E-state index contributed by atoms with van der Waals surface area (Å²) in [5.74, 6) is -0.242. The molecule has 4 aromatic rings. The zero-order valence-corrected chi connectivity index (χ0v) is 29.2. The largest absolute Gasteiger partial charge is 0.461 e. The van der Waals surface area contributed by atoms with Crippen molar-refractivity contribution >= 4 is 17.7 Å². The number of aryl methyl sites for hydroxylation is 3. The summed E-state index contributed by atoms with van der Waals surface area (Å²) in [6.45, 7) is 7.68. The van der Waals surface area contributed by atoms with Crippen LogP contribution in [-0.2, 0) is 9.53 Å². The molecule has 0 bridgehead atoms. The van der Waals surface area contributed by atoms with Crippen LogP contribution in [-0.4, -0.2) is 63.7 Å². The Hall–Kier alpha value is -4.65. The minimum atomic E-state index is -4.80. The molecule has 0 radical (unpaired) electrons. The molecule has 10 nitrogen and oxygen atoms in total. The third-order valence-electron chi connectivity index (χ3n) is 10.7. The van der Waals surface area contributed by atoms with Gasteiger partial charge in [0.2, 0.25) is 17.9 Å². The molecule has 3 fully saturated rings. The fourth-order valence-electron chi connectivity index (χ4n) is 7.62. The van der Waals surface area contributed by atoms with E-state index in [0.717, 1.165) is 60.8 Å². The van der Waals surface area contributed by atoms with E-state index in [1.807, 2.05) is 36.9 Å². The minimum absolute atomic E-state index is 0.0259. The van der Waals surface area contributed by atoms with Crippen molar-refractivity contribution in [2.75, 3.05) is 30.3 Å². The monoisotopic (exact) mass is 703 g/mol. The Bertz CT molecular complexity index is 1900. The van der Waals surface area contributed by atoms with Crippen molar-refractivity contribution in [3.05, 3.63) is 77.1 Å². The Morgan fingerprint density at radius 2 is 1.71 bits per heavy atom. The molecule has 0 unspecified atom stereocenters. The number of esters is 1. The highest BCUT2D eigenvalue weighted by Gasteiger charge is 2.46. The smallest absolute Gasteiger partial charge is 0.429 e. The van der Waals surface area contributed by atoms with Crippen molar-refractivity contribution < 1.29 is 27.4 Å². The van der Waals surface area contributed by atoms with Gasteiger partial charge < -0.3 is 25.4 Å². The SMILES string of the molecule is Cc1ccn(-c2cc(-c3ccc(C)c(C)c3)ccc2[C@@H](Oc2cc(N3CCC4(CC3)CN[C@H](C(=O)OC3CCCC3)C4)nc(N)n2)C(F)(F)F)n1. The number of aromatic nitrogens is 4. The van der Waals surface area contributed by atoms with Gasteiger partial charge in [-0.15, -0.1) is 0 Å². The van der Waals surface area contributed by atoms with Crippen molar-refractivity contribution in [1.29, 1.82) is 0 Å². The summed E-state index contributed by atoms with van der Waals surface area (Å²) in [6.07, 6.45) is 0.790. The number of hydrogen-bond acceptors (Lipinski definition) is 9. The van der Waals surface area contributed by atoms with Gasteiger partial charge in [-0.1, -0.05) is 30.3 Å². The molecule has 3 N–H and O–H groups in total. The summed E-state index contributed by atoms with van der Waals surface area (Å²) >= 11 is 0. The van der Waals surface area contributed by atoms with Gasteiger partial charge in [0.15, 0.2) is 0 Å². The van der Waals surface area contributed by atoms with Gasteiger partial charge in [0, 0.05) is 37.5 Å². The van der Waals surface area contributed by atoms with E-state index in [1.54, 1.807) is 31.3 Å². The number of rotatable bonds is 8. The first-order valence-electron chi connectivity index (χ1n) is 17.7. The van der Waals surface area contributed by atoms with E-state index in [9.17, 15) is 18.0 Å². The number of ether oxygens (including phenoxy) is 2. The van der Waals surface area contributed by atoms with E-state index in [1.165, 1.54) is 16.8 Å². The molecule has 2 atom stereocenters. The average Bonchev–Trinajstić information content (AvgIpc) is 3.87. The highest BCUT2D eigenvalue weighted by molar-refractivity contribution is 5.76. The van der Waals surface area contributed by atoms with Crippen LogP contribution >= 0.6 is 0 Å². The number of piperidine rings is 1. The molecule has 2 aromatic heterocycles. The summed E-state index contributed by atoms with van der Waals surface area (Å²) in [7, 11) is 0. The Morgan fingerprint density at radius 1 is 0.980 bits per heavy atom. The van der Waals surface area contributed by atoms with Gasteiger partial charge in [-0.05, 0) is 106 Å². The van der Waals surface area contributed by atoms with Crippen LogP contribution in [0.15, 0.2) is 54.7 Å². The normalized spacial score (nSPS) is 19.8. The summed E-state index contributed by atoms with van der Waals surface area (Å²) in [4.78, 5) is 23.3. The highest BCUT2D eigenvalue weighted by atomic mass is 19.4. The second-order valence-corrected chi connectivity index (χ2v) is 14.4. The number of nitrogen functional groups attached to an aromatic ring is 1. The van der Waals surface area contributed by atoms with E-state index in [-0.39, 0.29) is 46.6 Å². The number of benzene rings is 2. The fraction of sp³-hybridized carbons (Fsp3) is 0.474. The van der Waals surface area contributed by atoms with Gasteiger partial charge >= 0.3 is 12.1 Å². The minimum Gasteiger partial charge on any atom is -0.461 e. The molecule has 51 heavy (non-hydrogen) atoms. The third kappa shape index (κ3) is 7.53. The summed E-state index contributed by atoms with van der Waals surface area (Å²) in [5.41, 5.74) is 10.6. The van der Waals surface area contributed by atoms with Crippen molar-refractivity contribution in [2.45, 2.75) is 90.1 Å². The molecule has 3 aliphatic rings. The van der Waals surface area contributed by atoms with Gasteiger partial charge in [-0.3, -0.25) is 4.79 Å². The second kappa shape index (κ2) is 13.8. The van der Waals surface area contributed by atoms with Crippen LogP contribution < -0.4 is 20.7 Å². The Labute approximate surface area is 295 Å². The molecule has 2 aliphatic heterocycles. The molecule has 2 aromatic carbocycles. The Kier molecular flexibility index (Phi) is 9.42. The topological polar surface area (TPSA) is 120 Å². The second-order valence-electron chi connectivity index (χ2n) is 14.4. The quantitative estimate of drug-likeness (QED) is 0.188. The molecule has 1 saturated carbocycles. The summed E-state index contributed by atoms with van der Waals surface area (Å²) in [6, 6.07) is 13.6. The molecular weight excluding hydrogens is 659 g/mol. The molecule has 2 saturated heterocycles. The number of halogens is 3. The number of carbonyl (C=O) groups excluding carboxylic acids is 1. The maximum absolute atomic E-state index is 15.0. The molecule has 1 aliphatic carbocycles. The van der Waals surface area contributed by atoms with Crippen LogP contribution in [0, 0.1) is 26.2 Å². The van der Waals surface area contributed by atoms with Gasteiger partial charge in [-0.25, -0.2) is 4.68 Å². The summed E-state index contributed by atoms with van der Waals surface area (Å²) < 4.78 is 57.8. The number of carbonyl (C=O) groups is 1. The van der Waals surface area contributed by atoms with Crippen LogP contribution in [0.25, 0.3) is 16.8 Å². The van der Waals surface area contributed by atoms with E-state index < -0.39 is 12.3 Å². The predicted molar refractivity (Wildman–Crippen MR) is 188 cm³/mol. The van der Waals surface area contributed by atoms with Crippen LogP contribution in [0.4, 0.5) is 24.9 Å². The van der Waals surface area contributed by atoms with Gasteiger partial charge in [-0.2, -0.15) is 28.2 Å². The fourth-order valence-corrected chi connectivity index (χ4v) is 7.62. The number of nitrogens with two attached hydrogens (primary N) is 1.